The van der Waals surface area contributed by atoms with Gasteiger partial charge in [-0.15, -0.1) is 0 Å². The van der Waals surface area contributed by atoms with Crippen LogP contribution in [-0.2, 0) is 0 Å². The molecule has 2 aromatic rings. The minimum absolute atomic E-state index is 0.0964. The van der Waals surface area contributed by atoms with E-state index in [4.69, 9.17) is 46.1 Å². The van der Waals surface area contributed by atoms with Crippen LogP contribution in [0, 0.1) is 0 Å². The van der Waals surface area contributed by atoms with Crippen LogP contribution in [-0.4, -0.2) is 27.8 Å². The van der Waals surface area contributed by atoms with E-state index in [2.05, 4.69) is 30.8 Å². The van der Waals surface area contributed by atoms with Gasteiger partial charge in [-0.25, -0.2) is 15.0 Å². The third kappa shape index (κ3) is 5.09. The molecule has 1 aromatic carbocycles. The Morgan fingerprint density at radius 3 is 2.31 bits per heavy atom. The van der Waals surface area contributed by atoms with Crippen molar-refractivity contribution in [3.05, 3.63) is 40.1 Å². The van der Waals surface area contributed by atoms with Crippen molar-refractivity contribution in [3.63, 3.8) is 0 Å². The van der Waals surface area contributed by atoms with Gasteiger partial charge in [-0.2, -0.15) is 4.99 Å². The number of nitrogen functional groups attached to an aromatic ring is 2. The predicted molar refractivity (Wildman–Crippen MR) is 101 cm³/mol. The maximum absolute atomic E-state index is 12.0. The summed E-state index contributed by atoms with van der Waals surface area (Å²) in [5, 5.41) is 0.394. The number of hydrogen-bond donors (Lipinski definition) is 6. The number of aliphatic imine (C=N–C) groups is 2. The normalized spacial score (nSPS) is 11.9. The molecule has 0 aliphatic heterocycles. The summed E-state index contributed by atoms with van der Waals surface area (Å²) in [6.07, 6.45) is 0. The third-order valence-corrected chi connectivity index (χ3v) is 3.26. The smallest absolute Gasteiger partial charge is 0.292 e. The Bertz CT molecular complexity index is 881. The first-order valence-electron chi connectivity index (χ1n) is 6.85. The number of hydrazine groups is 1. The highest BCUT2D eigenvalue weighted by Crippen LogP contribution is 2.17. The molecule has 26 heavy (non-hydrogen) atoms. The summed E-state index contributed by atoms with van der Waals surface area (Å²) in [6, 6.07) is 6.57. The van der Waals surface area contributed by atoms with Crippen molar-refractivity contribution in [2.75, 3.05) is 11.5 Å². The zero-order valence-electron chi connectivity index (χ0n) is 13.1. The van der Waals surface area contributed by atoms with Gasteiger partial charge in [0.1, 0.15) is 0 Å². The van der Waals surface area contributed by atoms with Crippen molar-refractivity contribution in [1.82, 2.24) is 20.8 Å². The van der Waals surface area contributed by atoms with E-state index in [1.807, 2.05) is 0 Å². The van der Waals surface area contributed by atoms with Gasteiger partial charge in [-0.3, -0.25) is 15.6 Å². The molecule has 0 saturated carbocycles. The average molecular weight is 397 g/mol. The summed E-state index contributed by atoms with van der Waals surface area (Å²) in [4.78, 5) is 27.2. The van der Waals surface area contributed by atoms with E-state index < -0.39 is 5.91 Å². The molecule has 0 unspecified atom stereocenters. The Balaban J connectivity index is 2.02. The molecule has 1 amide bonds. The lowest BCUT2D eigenvalue weighted by Gasteiger charge is -2.09. The van der Waals surface area contributed by atoms with Gasteiger partial charge >= 0.3 is 0 Å². The molecule has 136 valence electrons. The highest BCUT2D eigenvalue weighted by atomic mass is 35.5. The molecule has 0 aliphatic carbocycles. The third-order valence-electron chi connectivity index (χ3n) is 2.73. The van der Waals surface area contributed by atoms with Crippen molar-refractivity contribution in [3.8, 4) is 0 Å². The standard InChI is InChI=1S/C13H14Cl2N10O/c14-5-1-3-6(4-2-5)20-12(18)23-13(19)25-24-11(26)7-9(16)22-10(17)8(15)21-7/h1-4H,(H,24,26)(H4,16,17,22)(H5,18,19,20,23,25). The number of benzene rings is 1. The first-order valence-corrected chi connectivity index (χ1v) is 7.60. The molecule has 0 aliphatic rings. The number of aromatic nitrogens is 2. The SMILES string of the molecule is NC(=Nc1ccc(Cl)cc1)/N=C(\N)NNC(=O)c1nc(Cl)c(N)nc1N. The molecule has 11 nitrogen and oxygen atoms in total. The lowest BCUT2D eigenvalue weighted by Crippen LogP contribution is -2.46. The van der Waals surface area contributed by atoms with Crippen molar-refractivity contribution in [2.45, 2.75) is 0 Å². The summed E-state index contributed by atoms with van der Waals surface area (Å²) in [7, 11) is 0. The second-order valence-corrected chi connectivity index (χ2v) is 5.45. The lowest BCUT2D eigenvalue weighted by atomic mass is 10.3. The summed E-state index contributed by atoms with van der Waals surface area (Å²) in [5.74, 6) is -1.45. The number of guanidine groups is 2. The molecule has 0 fully saturated rings. The second-order valence-electron chi connectivity index (χ2n) is 4.66. The van der Waals surface area contributed by atoms with E-state index in [0.717, 1.165) is 0 Å². The van der Waals surface area contributed by atoms with Crippen LogP contribution in [0.5, 0.6) is 0 Å². The fourth-order valence-corrected chi connectivity index (χ4v) is 1.87. The zero-order chi connectivity index (χ0) is 19.3. The predicted octanol–water partition coefficient (Wildman–Crippen LogP) is 0.143. The number of nitrogens with one attached hydrogen (secondary N) is 2. The number of carbonyl (C=O) groups excluding carboxylic acids is 1. The summed E-state index contributed by atoms with van der Waals surface area (Å²) < 4.78 is 0. The minimum Gasteiger partial charge on any atom is -0.382 e. The number of halogens is 2. The van der Waals surface area contributed by atoms with Crippen LogP contribution in [0.3, 0.4) is 0 Å². The number of rotatable bonds is 2. The monoisotopic (exact) mass is 396 g/mol. The minimum atomic E-state index is -0.761. The highest BCUT2D eigenvalue weighted by Gasteiger charge is 2.15. The van der Waals surface area contributed by atoms with Crippen LogP contribution in [0.15, 0.2) is 34.3 Å². The summed E-state index contributed by atoms with van der Waals surface area (Å²) in [6.45, 7) is 0. The van der Waals surface area contributed by atoms with E-state index in [1.165, 1.54) is 0 Å². The fraction of sp³-hybridized carbons (Fsp3) is 0. The Labute approximate surface area is 157 Å². The molecular weight excluding hydrogens is 383 g/mol. The van der Waals surface area contributed by atoms with E-state index in [9.17, 15) is 4.79 Å². The number of anilines is 2. The molecule has 1 aromatic heterocycles. The van der Waals surface area contributed by atoms with Crippen molar-refractivity contribution in [2.24, 2.45) is 21.5 Å². The Kier molecular flexibility index (Phi) is 5.98. The number of carbonyl (C=O) groups is 1. The fourth-order valence-electron chi connectivity index (χ4n) is 1.61. The van der Waals surface area contributed by atoms with Gasteiger partial charge in [0.05, 0.1) is 5.69 Å². The molecule has 2 rings (SSSR count). The topological polar surface area (TPSA) is 196 Å². The van der Waals surface area contributed by atoms with Gasteiger partial charge in [0.25, 0.3) is 5.91 Å². The van der Waals surface area contributed by atoms with Gasteiger partial charge in [-0.05, 0) is 24.3 Å². The molecule has 0 radical (unpaired) electrons. The molecule has 10 N–H and O–H groups in total. The molecular formula is C13H14Cl2N10O. The van der Waals surface area contributed by atoms with Gasteiger partial charge < -0.3 is 22.9 Å². The highest BCUT2D eigenvalue weighted by molar-refractivity contribution is 6.31. The first-order chi connectivity index (χ1) is 12.3. The van der Waals surface area contributed by atoms with E-state index in [0.29, 0.717) is 10.7 Å². The van der Waals surface area contributed by atoms with Crippen LogP contribution in [0.4, 0.5) is 17.3 Å². The number of hydrogen-bond acceptors (Lipinski definition) is 6. The van der Waals surface area contributed by atoms with Crippen LogP contribution < -0.4 is 33.8 Å². The van der Waals surface area contributed by atoms with Crippen molar-refractivity contribution in [1.29, 1.82) is 0 Å². The maximum Gasteiger partial charge on any atom is 0.292 e. The first kappa shape index (κ1) is 19.0. The van der Waals surface area contributed by atoms with E-state index in [1.54, 1.807) is 24.3 Å². The largest absolute Gasteiger partial charge is 0.382 e. The lowest BCUT2D eigenvalue weighted by molar-refractivity contribution is 0.0939. The van der Waals surface area contributed by atoms with Crippen molar-refractivity contribution >= 4 is 58.4 Å². The van der Waals surface area contributed by atoms with Gasteiger partial charge in [-0.1, -0.05) is 23.2 Å². The number of nitrogens with two attached hydrogens (primary N) is 4. The van der Waals surface area contributed by atoms with Gasteiger partial charge in [0.15, 0.2) is 22.5 Å². The molecule has 1 heterocycles. The maximum atomic E-state index is 12.0. The summed E-state index contributed by atoms with van der Waals surface area (Å²) in [5.41, 5.74) is 27.0. The molecule has 0 spiro atoms. The molecule has 13 heteroatoms. The van der Waals surface area contributed by atoms with E-state index in [-0.39, 0.29) is 34.4 Å². The Morgan fingerprint density at radius 1 is 1.00 bits per heavy atom. The van der Waals surface area contributed by atoms with Crippen LogP contribution in [0.1, 0.15) is 10.5 Å². The Hall–Kier alpha value is -3.31. The second kappa shape index (κ2) is 8.18. The number of amides is 1. The zero-order valence-corrected chi connectivity index (χ0v) is 14.6. The van der Waals surface area contributed by atoms with Crippen LogP contribution in [0.2, 0.25) is 10.2 Å². The van der Waals surface area contributed by atoms with E-state index >= 15 is 0 Å². The van der Waals surface area contributed by atoms with Crippen LogP contribution >= 0.6 is 23.2 Å². The molecule has 0 saturated heterocycles. The van der Waals surface area contributed by atoms with Crippen molar-refractivity contribution < 1.29 is 4.79 Å². The number of nitrogens with zero attached hydrogens (tertiary/aromatic N) is 4. The summed E-state index contributed by atoms with van der Waals surface area (Å²) >= 11 is 11.5. The average Bonchev–Trinajstić information content (AvgIpc) is 2.58. The Morgan fingerprint density at radius 2 is 1.65 bits per heavy atom. The van der Waals surface area contributed by atoms with Gasteiger partial charge in [0, 0.05) is 5.02 Å². The molecule has 0 bridgehead atoms. The van der Waals surface area contributed by atoms with Crippen LogP contribution in [0.25, 0.3) is 0 Å². The van der Waals surface area contributed by atoms with Gasteiger partial charge in [0.2, 0.25) is 11.9 Å². The quantitative estimate of drug-likeness (QED) is 0.234. The molecule has 0 atom stereocenters.